The first-order valence-corrected chi connectivity index (χ1v) is 13.3. The first kappa shape index (κ1) is 28.2. The topological polar surface area (TPSA) is 104 Å². The summed E-state index contributed by atoms with van der Waals surface area (Å²) in [5.74, 6) is 0.538. The molecule has 0 unspecified atom stereocenters. The number of carbonyl (C=O) groups is 1. The van der Waals surface area contributed by atoms with Gasteiger partial charge in [0.05, 0.1) is 40.8 Å². The molecule has 1 fully saturated rings. The van der Waals surface area contributed by atoms with E-state index in [0.29, 0.717) is 51.9 Å². The molecule has 9 nitrogen and oxygen atoms in total. The lowest BCUT2D eigenvalue weighted by Gasteiger charge is -2.15. The molecule has 0 saturated carbocycles. The van der Waals surface area contributed by atoms with E-state index in [2.05, 4.69) is 4.99 Å². The van der Waals surface area contributed by atoms with Crippen LogP contribution in [-0.2, 0) is 16.1 Å². The third-order valence-corrected chi connectivity index (χ3v) is 6.90. The summed E-state index contributed by atoms with van der Waals surface area (Å²) in [5, 5.41) is 11.7. The van der Waals surface area contributed by atoms with Gasteiger partial charge in [0.1, 0.15) is 6.61 Å². The molecule has 3 aromatic carbocycles. The second kappa shape index (κ2) is 13.3. The SMILES string of the molecule is CCOCCN1C(=O)/C(=C/c2cc(Cl)c(OCc3ccc([N+](=O)[O-])cc3)c(OC)c2)SC1=Nc1ccccc1. The van der Waals surface area contributed by atoms with Gasteiger partial charge in [0.2, 0.25) is 0 Å². The van der Waals surface area contributed by atoms with Crippen molar-refractivity contribution in [3.8, 4) is 11.5 Å². The van der Waals surface area contributed by atoms with Crippen molar-refractivity contribution in [2.75, 3.05) is 26.9 Å². The number of hydrogen-bond acceptors (Lipinski definition) is 8. The van der Waals surface area contributed by atoms with Gasteiger partial charge in [0.15, 0.2) is 16.7 Å². The summed E-state index contributed by atoms with van der Waals surface area (Å²) >= 11 is 7.83. The number of thioether (sulfide) groups is 1. The molecule has 1 amide bonds. The fourth-order valence-electron chi connectivity index (χ4n) is 3.69. The first-order valence-electron chi connectivity index (χ1n) is 12.1. The minimum Gasteiger partial charge on any atom is -0.493 e. The monoisotopic (exact) mass is 567 g/mol. The van der Waals surface area contributed by atoms with Crippen molar-refractivity contribution in [3.05, 3.63) is 97.9 Å². The van der Waals surface area contributed by atoms with Crippen LogP contribution < -0.4 is 9.47 Å². The fourth-order valence-corrected chi connectivity index (χ4v) is 4.98. The molecule has 202 valence electrons. The van der Waals surface area contributed by atoms with Crippen molar-refractivity contribution in [2.24, 2.45) is 4.99 Å². The number of nitro groups is 1. The molecular weight excluding hydrogens is 542 g/mol. The lowest BCUT2D eigenvalue weighted by Crippen LogP contribution is -2.32. The fraction of sp³-hybridized carbons (Fsp3) is 0.214. The maximum atomic E-state index is 13.3. The molecule has 1 heterocycles. The molecule has 0 aromatic heterocycles. The molecule has 1 aliphatic rings. The molecule has 0 N–H and O–H groups in total. The number of carbonyl (C=O) groups excluding carboxylic acids is 1. The number of non-ortho nitro benzene ring substituents is 1. The number of halogens is 1. The number of amidine groups is 1. The molecule has 39 heavy (non-hydrogen) atoms. The maximum Gasteiger partial charge on any atom is 0.269 e. The van der Waals surface area contributed by atoms with E-state index in [9.17, 15) is 14.9 Å². The Balaban J connectivity index is 1.56. The highest BCUT2D eigenvalue weighted by molar-refractivity contribution is 8.18. The Kier molecular flexibility index (Phi) is 9.59. The number of methoxy groups -OCH3 is 1. The Morgan fingerprint density at radius 3 is 2.54 bits per heavy atom. The van der Waals surface area contributed by atoms with E-state index in [1.165, 1.54) is 31.0 Å². The van der Waals surface area contributed by atoms with E-state index >= 15 is 0 Å². The molecule has 1 aliphatic heterocycles. The smallest absolute Gasteiger partial charge is 0.269 e. The summed E-state index contributed by atoms with van der Waals surface area (Å²) in [7, 11) is 1.50. The highest BCUT2D eigenvalue weighted by Gasteiger charge is 2.33. The summed E-state index contributed by atoms with van der Waals surface area (Å²) < 4.78 is 16.9. The standard InChI is InChI=1S/C28H26ClN3O6S/c1-3-37-14-13-31-27(33)25(39-28(31)30-21-7-5-4-6-8-21)17-20-15-23(29)26(24(16-20)36-2)38-18-19-9-11-22(12-10-19)32(34)35/h4-12,15-17H,3,13-14,18H2,1-2H3/b25-17-,30-28?. The molecule has 4 rings (SSSR count). The second-order valence-electron chi connectivity index (χ2n) is 8.24. The lowest BCUT2D eigenvalue weighted by molar-refractivity contribution is -0.384. The van der Waals surface area contributed by atoms with Gasteiger partial charge in [-0.1, -0.05) is 29.8 Å². The van der Waals surface area contributed by atoms with Crippen molar-refractivity contribution in [3.63, 3.8) is 0 Å². The van der Waals surface area contributed by atoms with E-state index < -0.39 is 4.92 Å². The first-order chi connectivity index (χ1) is 18.9. The van der Waals surface area contributed by atoms with Crippen LogP contribution in [0.4, 0.5) is 11.4 Å². The van der Waals surface area contributed by atoms with Gasteiger partial charge in [-0.05, 0) is 72.3 Å². The predicted molar refractivity (Wildman–Crippen MR) is 153 cm³/mol. The van der Waals surface area contributed by atoms with Gasteiger partial charge in [-0.3, -0.25) is 19.8 Å². The third kappa shape index (κ3) is 7.17. The quantitative estimate of drug-likeness (QED) is 0.113. The Hall–Kier alpha value is -3.86. The Morgan fingerprint density at radius 2 is 1.87 bits per heavy atom. The number of aliphatic imine (C=N–C) groups is 1. The van der Waals surface area contributed by atoms with E-state index in [-0.39, 0.29) is 18.2 Å². The van der Waals surface area contributed by atoms with E-state index in [1.54, 1.807) is 35.2 Å². The lowest BCUT2D eigenvalue weighted by atomic mass is 10.1. The van der Waals surface area contributed by atoms with Crippen LogP contribution in [-0.4, -0.2) is 47.8 Å². The number of para-hydroxylation sites is 1. The molecule has 11 heteroatoms. The number of ether oxygens (including phenoxy) is 3. The average molecular weight is 568 g/mol. The Bertz CT molecular complexity index is 1400. The van der Waals surface area contributed by atoms with Crippen molar-refractivity contribution in [2.45, 2.75) is 13.5 Å². The average Bonchev–Trinajstić information content (AvgIpc) is 3.22. The number of benzene rings is 3. The normalized spacial score (nSPS) is 15.3. The van der Waals surface area contributed by atoms with Crippen molar-refractivity contribution in [1.82, 2.24) is 4.90 Å². The summed E-state index contributed by atoms with van der Waals surface area (Å²) in [6.45, 7) is 3.37. The number of nitrogens with zero attached hydrogens (tertiary/aromatic N) is 3. The van der Waals surface area contributed by atoms with Crippen LogP contribution in [0.2, 0.25) is 5.02 Å². The zero-order valence-corrected chi connectivity index (χ0v) is 22.9. The van der Waals surface area contributed by atoms with Crippen LogP contribution >= 0.6 is 23.4 Å². The highest BCUT2D eigenvalue weighted by atomic mass is 35.5. The molecule has 0 spiro atoms. The van der Waals surface area contributed by atoms with Crippen LogP contribution in [0, 0.1) is 10.1 Å². The van der Waals surface area contributed by atoms with Gasteiger partial charge < -0.3 is 14.2 Å². The van der Waals surface area contributed by atoms with Crippen molar-refractivity contribution in [1.29, 1.82) is 0 Å². The minimum absolute atomic E-state index is 0.000455. The van der Waals surface area contributed by atoms with Crippen LogP contribution in [0.5, 0.6) is 11.5 Å². The summed E-state index contributed by atoms with van der Waals surface area (Å²) in [4.78, 5) is 30.5. The Morgan fingerprint density at radius 1 is 1.13 bits per heavy atom. The summed E-state index contributed by atoms with van der Waals surface area (Å²) in [6.07, 6.45) is 1.74. The van der Waals surface area contributed by atoms with E-state index in [0.717, 1.165) is 11.3 Å². The number of nitro benzene ring substituents is 1. The van der Waals surface area contributed by atoms with E-state index in [4.69, 9.17) is 25.8 Å². The van der Waals surface area contributed by atoms with Gasteiger partial charge in [0.25, 0.3) is 11.6 Å². The largest absolute Gasteiger partial charge is 0.493 e. The minimum atomic E-state index is -0.459. The molecule has 0 bridgehead atoms. The molecule has 1 saturated heterocycles. The Labute approximate surface area is 235 Å². The third-order valence-electron chi connectivity index (χ3n) is 5.61. The van der Waals surface area contributed by atoms with Gasteiger partial charge in [-0.15, -0.1) is 0 Å². The molecule has 0 aliphatic carbocycles. The predicted octanol–water partition coefficient (Wildman–Crippen LogP) is 6.48. The van der Waals surface area contributed by atoms with Gasteiger partial charge in [-0.25, -0.2) is 4.99 Å². The van der Waals surface area contributed by atoms with Gasteiger partial charge in [0, 0.05) is 18.7 Å². The molecule has 0 radical (unpaired) electrons. The van der Waals surface area contributed by atoms with Gasteiger partial charge in [-0.2, -0.15) is 0 Å². The highest BCUT2D eigenvalue weighted by Crippen LogP contribution is 2.39. The number of amides is 1. The summed E-state index contributed by atoms with van der Waals surface area (Å²) in [5.41, 5.74) is 2.13. The molecular formula is C28H26ClN3O6S. The van der Waals surface area contributed by atoms with Crippen LogP contribution in [0.15, 0.2) is 76.6 Å². The second-order valence-corrected chi connectivity index (χ2v) is 9.66. The summed E-state index contributed by atoms with van der Waals surface area (Å²) in [6, 6.07) is 18.9. The van der Waals surface area contributed by atoms with Crippen molar-refractivity contribution >= 4 is 51.9 Å². The number of hydrogen-bond donors (Lipinski definition) is 0. The molecule has 3 aromatic rings. The zero-order chi connectivity index (χ0) is 27.8. The molecule has 0 atom stereocenters. The van der Waals surface area contributed by atoms with Crippen molar-refractivity contribution < 1.29 is 23.9 Å². The van der Waals surface area contributed by atoms with Crippen LogP contribution in [0.3, 0.4) is 0 Å². The van der Waals surface area contributed by atoms with E-state index in [1.807, 2.05) is 37.3 Å². The van der Waals surface area contributed by atoms with Crippen LogP contribution in [0.1, 0.15) is 18.1 Å². The van der Waals surface area contributed by atoms with Gasteiger partial charge >= 0.3 is 0 Å². The number of rotatable bonds is 11. The zero-order valence-electron chi connectivity index (χ0n) is 21.3. The van der Waals surface area contributed by atoms with Crippen LogP contribution in [0.25, 0.3) is 6.08 Å². The maximum absolute atomic E-state index is 13.3.